The fourth-order valence-corrected chi connectivity index (χ4v) is 12.4. The van der Waals surface area contributed by atoms with Gasteiger partial charge in [0.2, 0.25) is 0 Å². The Balaban J connectivity index is 2.42. The number of benzene rings is 2. The highest BCUT2D eigenvalue weighted by molar-refractivity contribution is 6.99. The Morgan fingerprint density at radius 3 is 1.22 bits per heavy atom. The molecule has 0 heterocycles. The molecule has 6 nitrogen and oxygen atoms in total. The minimum Gasteiger partial charge on any atom is -0.465 e. The minimum absolute atomic E-state index is 0.0736. The van der Waals surface area contributed by atoms with Crippen molar-refractivity contribution in [3.8, 4) is 0 Å². The van der Waals surface area contributed by atoms with Gasteiger partial charge in [-0.1, -0.05) is 186 Å². The van der Waals surface area contributed by atoms with Crippen LogP contribution in [0.3, 0.4) is 0 Å². The van der Waals surface area contributed by atoms with E-state index in [0.29, 0.717) is 12.8 Å². The number of carbonyl (C=O) groups excluding carboxylic acids is 2. The van der Waals surface area contributed by atoms with Crippen LogP contribution >= 0.6 is 0 Å². The molecule has 2 aromatic carbocycles. The van der Waals surface area contributed by atoms with Gasteiger partial charge in [0.1, 0.15) is 13.2 Å². The molecule has 0 aliphatic rings. The minimum atomic E-state index is -3.01. The number of hydrogen-bond donors (Lipinski definition) is 1. The van der Waals surface area contributed by atoms with Crippen molar-refractivity contribution in [2.75, 3.05) is 26.4 Å². The summed E-state index contributed by atoms with van der Waals surface area (Å²) < 4.78 is 19.5. The van der Waals surface area contributed by atoms with Crippen molar-refractivity contribution in [3.05, 3.63) is 60.7 Å². The van der Waals surface area contributed by atoms with Gasteiger partial charge >= 0.3 is 11.9 Å². The second-order valence-corrected chi connectivity index (χ2v) is 21.4. The van der Waals surface area contributed by atoms with Gasteiger partial charge in [0, 0.05) is 19.4 Å². The second kappa shape index (κ2) is 26.4. The lowest BCUT2D eigenvalue weighted by Gasteiger charge is -2.45. The number of ether oxygens (including phenoxy) is 2. The van der Waals surface area contributed by atoms with E-state index >= 15 is 0 Å². The molecule has 0 radical (unpaired) electrons. The molecule has 0 aliphatic carbocycles. The Morgan fingerprint density at radius 1 is 0.574 bits per heavy atom. The molecule has 2 rings (SSSR count). The van der Waals surface area contributed by atoms with Crippen LogP contribution in [0.2, 0.25) is 5.04 Å². The normalized spacial score (nSPS) is 12.4. The van der Waals surface area contributed by atoms with Crippen molar-refractivity contribution in [1.82, 2.24) is 0 Å². The van der Waals surface area contributed by atoms with E-state index in [2.05, 4.69) is 72.7 Å². The van der Waals surface area contributed by atoms with Crippen molar-refractivity contribution >= 4 is 30.6 Å². The van der Waals surface area contributed by atoms with E-state index in [4.69, 9.17) is 13.9 Å². The fourth-order valence-electron chi connectivity index (χ4n) is 7.77. The summed E-state index contributed by atoms with van der Waals surface area (Å²) in [4.78, 5) is 27.2. The first-order chi connectivity index (χ1) is 26.0. The third-order valence-electron chi connectivity index (χ3n) is 11.2. The molecular formula is C47H78O6Si. The summed E-state index contributed by atoms with van der Waals surface area (Å²) in [7, 11) is -3.01. The molecule has 54 heavy (non-hydrogen) atoms. The highest BCUT2D eigenvalue weighted by Gasteiger charge is 2.52. The Hall–Kier alpha value is -2.48. The summed E-state index contributed by atoms with van der Waals surface area (Å²) in [5.41, 5.74) is -1.13. The maximum absolute atomic E-state index is 13.6. The Labute approximate surface area is 331 Å². The van der Waals surface area contributed by atoms with Crippen molar-refractivity contribution in [1.29, 1.82) is 0 Å². The quantitative estimate of drug-likeness (QED) is 0.0484. The smallest absolute Gasteiger partial charge is 0.306 e. The van der Waals surface area contributed by atoms with Crippen LogP contribution < -0.4 is 10.4 Å². The first-order valence-electron chi connectivity index (χ1n) is 21.7. The average Bonchev–Trinajstić information content (AvgIpc) is 3.16. The van der Waals surface area contributed by atoms with E-state index in [1.54, 1.807) is 0 Å². The Morgan fingerprint density at radius 2 is 0.926 bits per heavy atom. The lowest BCUT2D eigenvalue weighted by Crippen LogP contribution is -2.67. The molecule has 7 heteroatoms. The van der Waals surface area contributed by atoms with Crippen LogP contribution in [0.15, 0.2) is 60.7 Å². The monoisotopic (exact) mass is 767 g/mol. The highest BCUT2D eigenvalue weighted by atomic mass is 28.4. The fraction of sp³-hybridized carbons (Fsp3) is 0.702. The third-order valence-corrected chi connectivity index (χ3v) is 16.2. The summed E-state index contributed by atoms with van der Waals surface area (Å²) >= 11 is 0. The molecular weight excluding hydrogens is 689 g/mol. The molecule has 2 aromatic rings. The number of rotatable bonds is 30. The highest BCUT2D eigenvalue weighted by Crippen LogP contribution is 2.38. The molecule has 0 bridgehead atoms. The lowest BCUT2D eigenvalue weighted by molar-refractivity contribution is -0.159. The molecule has 306 valence electrons. The molecule has 0 aromatic heterocycles. The molecule has 0 saturated heterocycles. The predicted molar refractivity (Wildman–Crippen MR) is 228 cm³/mol. The SMILES string of the molecule is CCCCCC(CCCCC)CC(=O)OCC(CO)(COC(=O)CC(CCCCC)CCCCC)CO[Si](c1ccccc1)(c1ccccc1)C(C)(C)C. The zero-order chi connectivity index (χ0) is 39.7. The Kier molecular flexibility index (Phi) is 23.3. The van der Waals surface area contributed by atoms with Gasteiger partial charge in [0.15, 0.2) is 0 Å². The molecule has 0 atom stereocenters. The number of esters is 2. The van der Waals surface area contributed by atoms with Gasteiger partial charge in [-0.25, -0.2) is 0 Å². The zero-order valence-corrected chi connectivity index (χ0v) is 36.5. The summed E-state index contributed by atoms with van der Waals surface area (Å²) in [6.45, 7) is 15.0. The van der Waals surface area contributed by atoms with Crippen molar-refractivity contribution in [3.63, 3.8) is 0 Å². The maximum atomic E-state index is 13.6. The molecule has 0 saturated carbocycles. The molecule has 0 fully saturated rings. The van der Waals surface area contributed by atoms with Crippen LogP contribution in [0.1, 0.15) is 164 Å². The largest absolute Gasteiger partial charge is 0.465 e. The number of aliphatic hydroxyl groups is 1. The van der Waals surface area contributed by atoms with Crippen LogP contribution in [-0.2, 0) is 23.5 Å². The number of aliphatic hydroxyl groups excluding tert-OH is 1. The lowest BCUT2D eigenvalue weighted by atomic mass is 9.91. The molecule has 0 aliphatic heterocycles. The van der Waals surface area contributed by atoms with E-state index in [0.717, 1.165) is 113 Å². The summed E-state index contributed by atoms with van der Waals surface area (Å²) in [5.74, 6) is 0.0503. The third kappa shape index (κ3) is 16.3. The van der Waals surface area contributed by atoms with Gasteiger partial charge in [0.25, 0.3) is 8.32 Å². The molecule has 0 amide bonds. The van der Waals surface area contributed by atoms with E-state index in [-0.39, 0.29) is 55.2 Å². The van der Waals surface area contributed by atoms with Gasteiger partial charge in [-0.05, 0) is 52.9 Å². The van der Waals surface area contributed by atoms with Gasteiger partial charge in [-0.2, -0.15) is 0 Å². The summed E-state index contributed by atoms with van der Waals surface area (Å²) in [6, 6.07) is 20.8. The van der Waals surface area contributed by atoms with Crippen molar-refractivity contribution < 1.29 is 28.6 Å². The molecule has 0 unspecified atom stereocenters. The first-order valence-corrected chi connectivity index (χ1v) is 23.6. The van der Waals surface area contributed by atoms with Crippen molar-refractivity contribution in [2.45, 2.75) is 169 Å². The van der Waals surface area contributed by atoms with Gasteiger partial charge < -0.3 is 19.0 Å². The second-order valence-electron chi connectivity index (χ2n) is 17.1. The summed E-state index contributed by atoms with van der Waals surface area (Å²) in [5, 5.41) is 13.2. The van der Waals surface area contributed by atoms with E-state index in [9.17, 15) is 14.7 Å². The van der Waals surface area contributed by atoms with E-state index < -0.39 is 13.7 Å². The van der Waals surface area contributed by atoms with Gasteiger partial charge in [0.05, 0.1) is 12.0 Å². The van der Waals surface area contributed by atoms with Crippen molar-refractivity contribution in [2.24, 2.45) is 17.3 Å². The van der Waals surface area contributed by atoms with Gasteiger partial charge in [-0.15, -0.1) is 0 Å². The molecule has 1 N–H and O–H groups in total. The van der Waals surface area contributed by atoms with E-state index in [1.807, 2.05) is 36.4 Å². The number of hydrogen-bond acceptors (Lipinski definition) is 6. The van der Waals surface area contributed by atoms with E-state index in [1.165, 1.54) is 0 Å². The maximum Gasteiger partial charge on any atom is 0.306 e. The number of carbonyl (C=O) groups is 2. The summed E-state index contributed by atoms with van der Waals surface area (Å²) in [6.07, 6.45) is 18.5. The topological polar surface area (TPSA) is 82.1 Å². The predicted octanol–water partition coefficient (Wildman–Crippen LogP) is 11.0. The van der Waals surface area contributed by atoms with Crippen LogP contribution in [0.25, 0.3) is 0 Å². The van der Waals surface area contributed by atoms with Crippen LogP contribution in [0.4, 0.5) is 0 Å². The zero-order valence-electron chi connectivity index (χ0n) is 35.5. The standard InChI is InChI=1S/C47H78O6Si/c1-8-12-18-26-40(27-19-13-9-2)34-44(49)51-37-47(36-48,38-52-45(50)35-41(28-20-14-10-3)29-21-15-11-4)39-53-54(46(5,6)7,42-30-22-16-23-31-42)43-32-24-17-25-33-43/h16-17,22-25,30-33,40-41,48H,8-15,18-21,26-29,34-39H2,1-7H3. The number of unbranched alkanes of at least 4 members (excludes halogenated alkanes) is 8. The van der Waals surface area contributed by atoms with Gasteiger partial charge in [-0.3, -0.25) is 9.59 Å². The van der Waals surface area contributed by atoms with Crippen LogP contribution in [0.5, 0.6) is 0 Å². The van der Waals surface area contributed by atoms with Crippen LogP contribution in [0, 0.1) is 17.3 Å². The Bertz CT molecular complexity index is 1160. The molecule has 0 spiro atoms. The first kappa shape index (κ1) is 47.7. The van der Waals surface area contributed by atoms with Crippen LogP contribution in [-0.4, -0.2) is 51.8 Å². The average molecular weight is 767 g/mol.